The number of thioether (sulfide) groups is 1. The third-order valence-corrected chi connectivity index (χ3v) is 5.32. The Balaban J connectivity index is 1.79. The van der Waals surface area contributed by atoms with E-state index in [4.69, 9.17) is 0 Å². The van der Waals surface area contributed by atoms with E-state index in [-0.39, 0.29) is 23.4 Å². The molecule has 0 N–H and O–H groups in total. The van der Waals surface area contributed by atoms with Gasteiger partial charge in [-0.2, -0.15) is 0 Å². The minimum Gasteiger partial charge on any atom is -0.336 e. The highest BCUT2D eigenvalue weighted by Crippen LogP contribution is 2.26. The Kier molecular flexibility index (Phi) is 5.04. The van der Waals surface area contributed by atoms with Crippen LogP contribution in [0.15, 0.2) is 52.5 Å². The molecule has 0 saturated carbocycles. The predicted octanol–water partition coefficient (Wildman–Crippen LogP) is 2.40. The Morgan fingerprint density at radius 3 is 2.79 bits per heavy atom. The van der Waals surface area contributed by atoms with Crippen LogP contribution >= 0.6 is 11.8 Å². The molecule has 5 nitrogen and oxygen atoms in total. The monoisotopic (exact) mass is 343 g/mol. The molecule has 1 aliphatic heterocycles. The first-order valence-corrected chi connectivity index (χ1v) is 9.08. The van der Waals surface area contributed by atoms with Gasteiger partial charge in [-0.25, -0.2) is 4.98 Å². The van der Waals surface area contributed by atoms with Crippen molar-refractivity contribution in [2.45, 2.75) is 38.1 Å². The van der Waals surface area contributed by atoms with Crippen molar-refractivity contribution in [1.29, 1.82) is 0 Å². The third kappa shape index (κ3) is 3.53. The topological polar surface area (TPSA) is 55.2 Å². The average Bonchev–Trinajstić information content (AvgIpc) is 2.60. The van der Waals surface area contributed by atoms with Crippen LogP contribution in [0.5, 0.6) is 0 Å². The first-order chi connectivity index (χ1) is 11.6. The highest BCUT2D eigenvalue weighted by Gasteiger charge is 2.31. The zero-order chi connectivity index (χ0) is 17.1. The maximum atomic E-state index is 13.0. The van der Waals surface area contributed by atoms with Gasteiger partial charge < -0.3 is 4.90 Å². The van der Waals surface area contributed by atoms with Crippen molar-refractivity contribution in [2.75, 3.05) is 5.75 Å². The van der Waals surface area contributed by atoms with E-state index in [0.717, 1.165) is 5.56 Å². The smallest absolute Gasteiger partial charge is 0.254 e. The fraction of sp³-hybridized carbons (Fsp3) is 0.389. The first kappa shape index (κ1) is 16.8. The van der Waals surface area contributed by atoms with Crippen molar-refractivity contribution in [2.24, 2.45) is 5.92 Å². The summed E-state index contributed by atoms with van der Waals surface area (Å²) in [6.45, 7) is 5.05. The van der Waals surface area contributed by atoms with Crippen LogP contribution in [0, 0.1) is 5.92 Å². The Morgan fingerprint density at radius 2 is 2.08 bits per heavy atom. The van der Waals surface area contributed by atoms with Crippen molar-refractivity contribution in [1.82, 2.24) is 14.5 Å². The fourth-order valence-electron chi connectivity index (χ4n) is 2.83. The number of nitrogens with zero attached hydrogens (tertiary/aromatic N) is 3. The molecule has 0 radical (unpaired) electrons. The maximum absolute atomic E-state index is 13.0. The largest absolute Gasteiger partial charge is 0.336 e. The molecule has 1 atom stereocenters. The van der Waals surface area contributed by atoms with Crippen molar-refractivity contribution in [3.05, 3.63) is 58.5 Å². The molecule has 0 aliphatic carbocycles. The lowest BCUT2D eigenvalue weighted by atomic mass is 10.1. The van der Waals surface area contributed by atoms with Crippen LogP contribution < -0.4 is 5.56 Å². The predicted molar refractivity (Wildman–Crippen MR) is 94.8 cm³/mol. The van der Waals surface area contributed by atoms with Crippen LogP contribution in [0.25, 0.3) is 0 Å². The van der Waals surface area contributed by atoms with Crippen molar-refractivity contribution < 1.29 is 4.79 Å². The Hall–Kier alpha value is -2.08. The van der Waals surface area contributed by atoms with Gasteiger partial charge in [0.25, 0.3) is 5.56 Å². The molecule has 6 heteroatoms. The lowest BCUT2D eigenvalue weighted by molar-refractivity contribution is -0.137. The summed E-state index contributed by atoms with van der Waals surface area (Å²) < 4.78 is 1.61. The molecule has 1 amide bonds. The van der Waals surface area contributed by atoms with E-state index in [1.54, 1.807) is 4.57 Å². The summed E-state index contributed by atoms with van der Waals surface area (Å²) in [5.41, 5.74) is 1.02. The zero-order valence-corrected chi connectivity index (χ0v) is 14.7. The summed E-state index contributed by atoms with van der Waals surface area (Å²) in [4.78, 5) is 31.2. The molecule has 1 aromatic heterocycles. The second-order valence-corrected chi connectivity index (χ2v) is 7.22. The van der Waals surface area contributed by atoms with Gasteiger partial charge in [0, 0.05) is 37.1 Å². The molecule has 0 saturated heterocycles. The quantitative estimate of drug-likeness (QED) is 0.800. The number of carbonyl (C=O) groups excluding carboxylic acids is 1. The Labute approximate surface area is 145 Å². The van der Waals surface area contributed by atoms with Gasteiger partial charge in [0.05, 0.1) is 5.92 Å². The van der Waals surface area contributed by atoms with Crippen LogP contribution in [0.3, 0.4) is 0 Å². The van der Waals surface area contributed by atoms with Crippen LogP contribution in [0.2, 0.25) is 0 Å². The van der Waals surface area contributed by atoms with Gasteiger partial charge in [0.2, 0.25) is 5.91 Å². The van der Waals surface area contributed by atoms with Gasteiger partial charge in [-0.15, -0.1) is 0 Å². The summed E-state index contributed by atoms with van der Waals surface area (Å²) >= 11 is 1.48. The number of fused-ring (bicyclic) bond motifs is 1. The lowest BCUT2D eigenvalue weighted by Crippen LogP contribution is -2.44. The first-order valence-electron chi connectivity index (χ1n) is 8.09. The van der Waals surface area contributed by atoms with Crippen molar-refractivity contribution in [3.63, 3.8) is 0 Å². The van der Waals surface area contributed by atoms with Gasteiger partial charge in [-0.1, -0.05) is 42.1 Å². The molecule has 126 valence electrons. The second-order valence-electron chi connectivity index (χ2n) is 6.23. The number of carbonyl (C=O) groups is 1. The second kappa shape index (κ2) is 7.21. The summed E-state index contributed by atoms with van der Waals surface area (Å²) in [6.07, 6.45) is 1.53. The van der Waals surface area contributed by atoms with E-state index in [1.807, 2.05) is 49.1 Å². The van der Waals surface area contributed by atoms with Crippen LogP contribution in [0.4, 0.5) is 0 Å². The SMILES string of the molecule is CC(C)N(Cc1ccccc1)C(=O)C1CSc2nccc(=O)n2C1. The summed E-state index contributed by atoms with van der Waals surface area (Å²) in [7, 11) is 0. The fourth-order valence-corrected chi connectivity index (χ4v) is 3.88. The molecule has 0 fully saturated rings. The molecule has 2 aromatic rings. The number of amides is 1. The van der Waals surface area contributed by atoms with Crippen LogP contribution in [-0.2, 0) is 17.9 Å². The van der Waals surface area contributed by atoms with Crippen LogP contribution in [0.1, 0.15) is 19.4 Å². The van der Waals surface area contributed by atoms with Crippen molar-refractivity contribution >= 4 is 17.7 Å². The van der Waals surface area contributed by atoms with Gasteiger partial charge in [0.1, 0.15) is 0 Å². The van der Waals surface area contributed by atoms with Crippen molar-refractivity contribution in [3.8, 4) is 0 Å². The standard InChI is InChI=1S/C18H21N3O2S/c1-13(2)20(10-14-6-4-3-5-7-14)17(23)15-11-21-16(22)8-9-19-18(21)24-12-15/h3-9,13,15H,10-12H2,1-2H3. The van der Waals surface area contributed by atoms with E-state index in [2.05, 4.69) is 4.98 Å². The van der Waals surface area contributed by atoms with Gasteiger partial charge in [-0.3, -0.25) is 14.2 Å². The molecule has 24 heavy (non-hydrogen) atoms. The highest BCUT2D eigenvalue weighted by molar-refractivity contribution is 7.99. The molecular weight excluding hydrogens is 322 g/mol. The van der Waals surface area contributed by atoms with Crippen LogP contribution in [-0.4, -0.2) is 32.2 Å². The van der Waals surface area contributed by atoms with Gasteiger partial charge >= 0.3 is 0 Å². The minimum atomic E-state index is -0.199. The summed E-state index contributed by atoms with van der Waals surface area (Å²) in [6, 6.07) is 11.5. The molecule has 3 rings (SSSR count). The number of rotatable bonds is 4. The minimum absolute atomic E-state index is 0.0934. The Bertz CT molecular complexity index is 773. The van der Waals surface area contributed by atoms with E-state index < -0.39 is 0 Å². The number of hydrogen-bond donors (Lipinski definition) is 0. The molecule has 1 unspecified atom stereocenters. The molecule has 2 heterocycles. The lowest BCUT2D eigenvalue weighted by Gasteiger charge is -2.32. The Morgan fingerprint density at radius 1 is 1.33 bits per heavy atom. The van der Waals surface area contributed by atoms with Gasteiger partial charge in [0.15, 0.2) is 5.16 Å². The molecular formula is C18H21N3O2S. The number of benzene rings is 1. The zero-order valence-electron chi connectivity index (χ0n) is 13.9. The number of hydrogen-bond acceptors (Lipinski definition) is 4. The molecule has 0 spiro atoms. The molecule has 1 aliphatic rings. The normalized spacial score (nSPS) is 16.7. The average molecular weight is 343 g/mol. The number of aromatic nitrogens is 2. The van der Waals surface area contributed by atoms with E-state index in [1.165, 1.54) is 24.0 Å². The van der Waals surface area contributed by atoms with E-state index in [9.17, 15) is 9.59 Å². The summed E-state index contributed by atoms with van der Waals surface area (Å²) in [5.74, 6) is 0.561. The van der Waals surface area contributed by atoms with E-state index >= 15 is 0 Å². The summed E-state index contributed by atoms with van der Waals surface area (Å²) in [5, 5.41) is 0.700. The van der Waals surface area contributed by atoms with Gasteiger partial charge in [-0.05, 0) is 19.4 Å². The molecule has 1 aromatic carbocycles. The van der Waals surface area contributed by atoms with E-state index in [0.29, 0.717) is 24.0 Å². The third-order valence-electron chi connectivity index (χ3n) is 4.17. The highest BCUT2D eigenvalue weighted by atomic mass is 32.2. The molecule has 0 bridgehead atoms. The maximum Gasteiger partial charge on any atom is 0.254 e.